The van der Waals surface area contributed by atoms with Crippen LogP contribution in [0.5, 0.6) is 0 Å². The van der Waals surface area contributed by atoms with Gasteiger partial charge in [0.15, 0.2) is 11.6 Å². The number of hydrogen-bond acceptors (Lipinski definition) is 8. The fraction of sp³-hybridized carbons (Fsp3) is 0.316. The first kappa shape index (κ1) is 33.8. The van der Waals surface area contributed by atoms with Crippen LogP contribution in [-0.2, 0) is 0 Å². The molecular formula is C38H42N2O4S2. The van der Waals surface area contributed by atoms with Crippen molar-refractivity contribution in [2.75, 3.05) is 36.9 Å². The largest absolute Gasteiger partial charge is 0.396 e. The topological polar surface area (TPSA) is 98.7 Å². The van der Waals surface area contributed by atoms with E-state index in [0.29, 0.717) is 56.5 Å². The predicted octanol–water partition coefficient (Wildman–Crippen LogP) is 8.24. The summed E-state index contributed by atoms with van der Waals surface area (Å²) in [7, 11) is 0. The van der Waals surface area contributed by atoms with Gasteiger partial charge in [-0.05, 0) is 61.4 Å². The Kier molecular flexibility index (Phi) is 10.0. The van der Waals surface area contributed by atoms with Crippen LogP contribution in [0.15, 0.2) is 92.4 Å². The SMILES string of the molecule is Cc1ccccc1Sc1ccc(NCC(C)(C)CO)c2c1C(=O)c1c(NCC(C)(C)CO)ccc(Sc3ccccc3C)c1C2=O. The molecule has 0 saturated heterocycles. The molecule has 8 heteroatoms. The molecule has 1 aliphatic rings. The molecule has 5 rings (SSSR count). The number of rotatable bonds is 12. The molecule has 0 amide bonds. The predicted molar refractivity (Wildman–Crippen MR) is 189 cm³/mol. The zero-order chi connectivity index (χ0) is 33.2. The van der Waals surface area contributed by atoms with E-state index in [1.807, 2.05) is 114 Å². The molecule has 240 valence electrons. The second kappa shape index (κ2) is 13.7. The van der Waals surface area contributed by atoms with Gasteiger partial charge in [-0.25, -0.2) is 0 Å². The van der Waals surface area contributed by atoms with Crippen molar-refractivity contribution >= 4 is 46.5 Å². The van der Waals surface area contributed by atoms with E-state index in [1.165, 1.54) is 23.5 Å². The number of aliphatic hydroxyl groups is 2. The normalized spacial score (nSPS) is 13.0. The van der Waals surface area contributed by atoms with Gasteiger partial charge in [0.05, 0.1) is 11.1 Å². The monoisotopic (exact) mass is 654 g/mol. The average Bonchev–Trinajstić information content (AvgIpc) is 3.04. The molecule has 0 saturated carbocycles. The molecule has 0 fully saturated rings. The zero-order valence-electron chi connectivity index (χ0n) is 27.3. The second-order valence-electron chi connectivity index (χ2n) is 13.5. The lowest BCUT2D eigenvalue weighted by Gasteiger charge is -2.29. The van der Waals surface area contributed by atoms with E-state index in [2.05, 4.69) is 10.6 Å². The molecule has 4 aromatic rings. The summed E-state index contributed by atoms with van der Waals surface area (Å²) in [6, 6.07) is 23.6. The number of aliphatic hydroxyl groups excluding tert-OH is 2. The van der Waals surface area contributed by atoms with E-state index in [1.54, 1.807) is 0 Å². The maximum Gasteiger partial charge on any atom is 0.197 e. The molecule has 6 nitrogen and oxygen atoms in total. The van der Waals surface area contributed by atoms with Crippen molar-refractivity contribution in [1.29, 1.82) is 0 Å². The Morgan fingerprint density at radius 2 is 0.913 bits per heavy atom. The van der Waals surface area contributed by atoms with Crippen LogP contribution in [0.1, 0.15) is 70.7 Å². The molecule has 4 aromatic carbocycles. The maximum atomic E-state index is 14.9. The summed E-state index contributed by atoms with van der Waals surface area (Å²) >= 11 is 2.97. The van der Waals surface area contributed by atoms with Crippen molar-refractivity contribution in [2.24, 2.45) is 10.8 Å². The van der Waals surface area contributed by atoms with Gasteiger partial charge < -0.3 is 20.8 Å². The van der Waals surface area contributed by atoms with Crippen LogP contribution in [0, 0.1) is 24.7 Å². The zero-order valence-corrected chi connectivity index (χ0v) is 28.9. The van der Waals surface area contributed by atoms with E-state index in [4.69, 9.17) is 0 Å². The molecule has 1 aliphatic carbocycles. The lowest BCUT2D eigenvalue weighted by atomic mass is 9.81. The van der Waals surface area contributed by atoms with Crippen molar-refractivity contribution < 1.29 is 19.8 Å². The minimum Gasteiger partial charge on any atom is -0.396 e. The smallest absolute Gasteiger partial charge is 0.197 e. The number of hydrogen-bond donors (Lipinski definition) is 4. The number of aryl methyl sites for hydroxylation is 2. The third kappa shape index (κ3) is 7.05. The average molecular weight is 655 g/mol. The number of carbonyl (C=O) groups excluding carboxylic acids is 2. The number of ketones is 2. The van der Waals surface area contributed by atoms with E-state index >= 15 is 0 Å². The summed E-state index contributed by atoms with van der Waals surface area (Å²) in [5.41, 5.74) is 3.87. The molecule has 0 aromatic heterocycles. The van der Waals surface area contributed by atoms with Gasteiger partial charge in [-0.15, -0.1) is 0 Å². The van der Waals surface area contributed by atoms with Crippen molar-refractivity contribution in [3.8, 4) is 0 Å². The Hall–Kier alpha value is -3.56. The summed E-state index contributed by atoms with van der Waals surface area (Å²) in [6.45, 7) is 12.6. The fourth-order valence-corrected chi connectivity index (χ4v) is 7.25. The van der Waals surface area contributed by atoms with E-state index in [0.717, 1.165) is 20.9 Å². The lowest BCUT2D eigenvalue weighted by Crippen LogP contribution is -2.31. The first-order valence-electron chi connectivity index (χ1n) is 15.5. The quantitative estimate of drug-likeness (QED) is 0.107. The summed E-state index contributed by atoms with van der Waals surface area (Å²) in [6.07, 6.45) is 0. The van der Waals surface area contributed by atoms with Gasteiger partial charge in [-0.2, -0.15) is 0 Å². The van der Waals surface area contributed by atoms with Gasteiger partial charge in [0, 0.05) is 79.2 Å². The minimum absolute atomic E-state index is 0.0322. The van der Waals surface area contributed by atoms with Crippen LogP contribution in [-0.4, -0.2) is 48.1 Å². The molecule has 0 unspecified atom stereocenters. The highest BCUT2D eigenvalue weighted by atomic mass is 32.2. The molecule has 0 bridgehead atoms. The van der Waals surface area contributed by atoms with Gasteiger partial charge in [0.2, 0.25) is 0 Å². The van der Waals surface area contributed by atoms with Gasteiger partial charge in [0.25, 0.3) is 0 Å². The summed E-state index contributed by atoms with van der Waals surface area (Å²) in [5, 5.41) is 26.7. The summed E-state index contributed by atoms with van der Waals surface area (Å²) in [5.74, 6) is -0.440. The Morgan fingerprint density at radius 1 is 0.543 bits per heavy atom. The van der Waals surface area contributed by atoms with Crippen LogP contribution in [0.4, 0.5) is 11.4 Å². The standard InChI is InChI=1S/C38H42N2O4S2/c1-23-11-7-9-13-27(23)45-29-17-15-25(39-19-37(3,4)21-41)31-33(29)35(43)32-26(40-20-38(5,6)22-42)16-18-30(34(32)36(31)44)46-28-14-10-8-12-24(28)2/h7-18,39-42H,19-22H2,1-6H3. The van der Waals surface area contributed by atoms with Crippen LogP contribution in [0.2, 0.25) is 0 Å². The van der Waals surface area contributed by atoms with Crippen molar-refractivity contribution in [2.45, 2.75) is 61.1 Å². The Morgan fingerprint density at radius 3 is 1.26 bits per heavy atom. The lowest BCUT2D eigenvalue weighted by molar-refractivity contribution is 0.0975. The van der Waals surface area contributed by atoms with Crippen molar-refractivity contribution in [3.05, 3.63) is 106 Å². The van der Waals surface area contributed by atoms with Crippen molar-refractivity contribution in [3.63, 3.8) is 0 Å². The van der Waals surface area contributed by atoms with Crippen LogP contribution >= 0.6 is 23.5 Å². The summed E-state index contributed by atoms with van der Waals surface area (Å²) in [4.78, 5) is 33.3. The Balaban J connectivity index is 1.72. The molecule has 0 heterocycles. The van der Waals surface area contributed by atoms with Crippen molar-refractivity contribution in [1.82, 2.24) is 0 Å². The summed E-state index contributed by atoms with van der Waals surface area (Å²) < 4.78 is 0. The highest BCUT2D eigenvalue weighted by Crippen LogP contribution is 2.46. The highest BCUT2D eigenvalue weighted by Gasteiger charge is 2.38. The number of fused-ring (bicyclic) bond motifs is 2. The molecular weight excluding hydrogens is 613 g/mol. The number of benzene rings is 4. The van der Waals surface area contributed by atoms with Crippen LogP contribution < -0.4 is 10.6 Å². The fourth-order valence-electron chi connectivity index (χ4n) is 5.16. The molecule has 0 radical (unpaired) electrons. The van der Waals surface area contributed by atoms with E-state index < -0.39 is 10.8 Å². The first-order chi connectivity index (χ1) is 21.9. The van der Waals surface area contributed by atoms with E-state index in [9.17, 15) is 19.8 Å². The molecule has 4 N–H and O–H groups in total. The van der Waals surface area contributed by atoms with Crippen LogP contribution in [0.3, 0.4) is 0 Å². The second-order valence-corrected chi connectivity index (χ2v) is 15.6. The van der Waals surface area contributed by atoms with E-state index in [-0.39, 0.29) is 24.8 Å². The first-order valence-corrected chi connectivity index (χ1v) is 17.1. The van der Waals surface area contributed by atoms with Gasteiger partial charge in [-0.1, -0.05) is 87.6 Å². The highest BCUT2D eigenvalue weighted by molar-refractivity contribution is 7.99. The van der Waals surface area contributed by atoms with Gasteiger partial charge >= 0.3 is 0 Å². The van der Waals surface area contributed by atoms with Gasteiger partial charge in [-0.3, -0.25) is 9.59 Å². The molecule has 0 atom stereocenters. The molecule has 46 heavy (non-hydrogen) atoms. The number of carbonyl (C=O) groups is 2. The maximum absolute atomic E-state index is 14.9. The minimum atomic E-state index is -0.441. The Bertz CT molecular complexity index is 1670. The Labute approximate surface area is 280 Å². The molecule has 0 aliphatic heterocycles. The van der Waals surface area contributed by atoms with Gasteiger partial charge in [0.1, 0.15) is 0 Å². The third-order valence-corrected chi connectivity index (χ3v) is 10.7. The van der Waals surface area contributed by atoms with Crippen LogP contribution in [0.25, 0.3) is 0 Å². The number of anilines is 2. The number of nitrogens with one attached hydrogen (secondary N) is 2. The third-order valence-electron chi connectivity index (χ3n) is 8.24. The molecule has 0 spiro atoms.